The minimum absolute atomic E-state index is 0.187. The van der Waals surface area contributed by atoms with Gasteiger partial charge in [0.1, 0.15) is 5.82 Å². The number of imidazole rings is 1. The van der Waals surface area contributed by atoms with Gasteiger partial charge in [0, 0.05) is 29.1 Å². The molecule has 0 bridgehead atoms. The van der Waals surface area contributed by atoms with E-state index in [1.165, 1.54) is 0 Å². The third-order valence-electron chi connectivity index (χ3n) is 5.38. The molecular weight excluding hydrogens is 432 g/mol. The van der Waals surface area contributed by atoms with Gasteiger partial charge in [-0.2, -0.15) is 18.4 Å². The molecule has 0 atom stereocenters. The molecule has 1 aliphatic rings. The molecule has 31 heavy (non-hydrogen) atoms. The average molecular weight is 451 g/mol. The molecular formula is C23H19ClN4O2S. The van der Waals surface area contributed by atoms with Crippen molar-refractivity contribution < 1.29 is 8.42 Å². The summed E-state index contributed by atoms with van der Waals surface area (Å²) in [6.45, 7) is 2.56. The number of aryl methyl sites for hydroxylation is 2. The first-order chi connectivity index (χ1) is 14.9. The first-order valence-corrected chi connectivity index (χ1v) is 11.7. The average Bonchev–Trinajstić information content (AvgIpc) is 3.14. The van der Waals surface area contributed by atoms with Gasteiger partial charge in [-0.25, -0.2) is 4.98 Å². The highest BCUT2D eigenvalue weighted by Gasteiger charge is 2.23. The van der Waals surface area contributed by atoms with Crippen molar-refractivity contribution >= 4 is 38.4 Å². The molecule has 4 aromatic rings. The highest BCUT2D eigenvalue weighted by atomic mass is 35.5. The molecule has 0 radical (unpaired) electrons. The SMILES string of the molecule is Cc1ccc(S(=O)(=O)NN=C2CCn3c(-c4ccc(Cl)cc4)nc4cccc2c43)cc1. The minimum Gasteiger partial charge on any atom is -0.323 e. The fraction of sp³-hybridized carbons (Fsp3) is 0.130. The van der Waals surface area contributed by atoms with E-state index in [0.717, 1.165) is 33.5 Å². The van der Waals surface area contributed by atoms with Crippen LogP contribution in [0.2, 0.25) is 5.02 Å². The van der Waals surface area contributed by atoms with Gasteiger partial charge < -0.3 is 4.57 Å². The van der Waals surface area contributed by atoms with Crippen LogP contribution in [0.3, 0.4) is 0 Å². The zero-order valence-electron chi connectivity index (χ0n) is 16.7. The van der Waals surface area contributed by atoms with Gasteiger partial charge in [0.25, 0.3) is 10.0 Å². The Labute approximate surface area is 185 Å². The topological polar surface area (TPSA) is 76.3 Å². The molecule has 1 aliphatic heterocycles. The van der Waals surface area contributed by atoms with Crippen molar-refractivity contribution in [1.82, 2.24) is 14.4 Å². The Balaban J connectivity index is 1.54. The van der Waals surface area contributed by atoms with Crippen LogP contribution in [0, 0.1) is 6.92 Å². The summed E-state index contributed by atoms with van der Waals surface area (Å²) >= 11 is 6.03. The number of aromatic nitrogens is 2. The number of halogens is 1. The summed E-state index contributed by atoms with van der Waals surface area (Å²) in [7, 11) is -3.74. The third kappa shape index (κ3) is 3.60. The van der Waals surface area contributed by atoms with E-state index in [1.807, 2.05) is 49.4 Å². The predicted octanol–water partition coefficient (Wildman–Crippen LogP) is 4.75. The smallest absolute Gasteiger partial charge is 0.276 e. The van der Waals surface area contributed by atoms with Gasteiger partial charge in [-0.15, -0.1) is 0 Å². The highest BCUT2D eigenvalue weighted by molar-refractivity contribution is 7.89. The molecule has 0 unspecified atom stereocenters. The van der Waals surface area contributed by atoms with Crippen molar-refractivity contribution in [2.24, 2.45) is 5.10 Å². The molecule has 0 fully saturated rings. The molecule has 0 spiro atoms. The fourth-order valence-electron chi connectivity index (χ4n) is 3.81. The molecule has 1 N–H and O–H groups in total. The molecule has 0 saturated heterocycles. The fourth-order valence-corrected chi connectivity index (χ4v) is 4.77. The molecule has 0 amide bonds. The van der Waals surface area contributed by atoms with Crippen LogP contribution in [-0.4, -0.2) is 23.7 Å². The van der Waals surface area contributed by atoms with Crippen LogP contribution in [0.25, 0.3) is 22.4 Å². The van der Waals surface area contributed by atoms with E-state index in [2.05, 4.69) is 14.5 Å². The number of nitrogens with zero attached hydrogens (tertiary/aromatic N) is 3. The highest BCUT2D eigenvalue weighted by Crippen LogP contribution is 2.32. The zero-order valence-corrected chi connectivity index (χ0v) is 18.3. The monoisotopic (exact) mass is 450 g/mol. The number of hydrogen-bond donors (Lipinski definition) is 1. The van der Waals surface area contributed by atoms with Crippen LogP contribution in [0.5, 0.6) is 0 Å². The lowest BCUT2D eigenvalue weighted by molar-refractivity contribution is 0.584. The number of hydrazone groups is 1. The molecule has 6 nitrogen and oxygen atoms in total. The van der Waals surface area contributed by atoms with Crippen LogP contribution < -0.4 is 4.83 Å². The van der Waals surface area contributed by atoms with E-state index in [-0.39, 0.29) is 4.90 Å². The summed E-state index contributed by atoms with van der Waals surface area (Å²) in [5.74, 6) is 0.860. The van der Waals surface area contributed by atoms with E-state index < -0.39 is 10.0 Å². The standard InChI is InChI=1S/C23H19ClN4O2S/c1-15-5-11-18(12-6-15)31(29,30)27-26-20-13-14-28-22-19(20)3-2-4-21(22)25-23(28)16-7-9-17(24)10-8-16/h2-12,27H,13-14H2,1H3. The van der Waals surface area contributed by atoms with Gasteiger partial charge in [-0.05, 0) is 49.4 Å². The predicted molar refractivity (Wildman–Crippen MR) is 123 cm³/mol. The number of para-hydroxylation sites is 1. The molecule has 8 heteroatoms. The second-order valence-electron chi connectivity index (χ2n) is 7.48. The maximum absolute atomic E-state index is 12.6. The lowest BCUT2D eigenvalue weighted by Gasteiger charge is -2.19. The quantitative estimate of drug-likeness (QED) is 0.456. The van der Waals surface area contributed by atoms with Crippen LogP contribution in [0.1, 0.15) is 17.5 Å². The Kier molecular flexibility index (Phi) is 4.79. The van der Waals surface area contributed by atoms with Crippen LogP contribution in [0.15, 0.2) is 76.7 Å². The second kappa shape index (κ2) is 7.51. The molecule has 2 heterocycles. The number of hydrogen-bond acceptors (Lipinski definition) is 4. The van der Waals surface area contributed by atoms with Gasteiger partial charge in [0.2, 0.25) is 0 Å². The van der Waals surface area contributed by atoms with Gasteiger partial charge >= 0.3 is 0 Å². The van der Waals surface area contributed by atoms with E-state index in [9.17, 15) is 8.42 Å². The lowest BCUT2D eigenvalue weighted by Crippen LogP contribution is -2.23. The van der Waals surface area contributed by atoms with Gasteiger partial charge in [-0.3, -0.25) is 0 Å². The maximum Gasteiger partial charge on any atom is 0.276 e. The van der Waals surface area contributed by atoms with Crippen LogP contribution >= 0.6 is 11.6 Å². The van der Waals surface area contributed by atoms with Gasteiger partial charge in [-0.1, -0.05) is 41.4 Å². The Morgan fingerprint density at radius 3 is 2.52 bits per heavy atom. The first-order valence-electron chi connectivity index (χ1n) is 9.83. The summed E-state index contributed by atoms with van der Waals surface area (Å²) in [4.78, 5) is 7.40. The van der Waals surface area contributed by atoms with Crippen molar-refractivity contribution in [2.45, 2.75) is 24.8 Å². The van der Waals surface area contributed by atoms with E-state index in [1.54, 1.807) is 24.3 Å². The second-order valence-corrected chi connectivity index (χ2v) is 9.58. The summed E-state index contributed by atoms with van der Waals surface area (Å²) in [5.41, 5.74) is 5.34. The third-order valence-corrected chi connectivity index (χ3v) is 6.86. The summed E-state index contributed by atoms with van der Waals surface area (Å²) in [6.07, 6.45) is 0.583. The number of sulfonamides is 1. The van der Waals surface area contributed by atoms with E-state index in [0.29, 0.717) is 23.7 Å². The largest absolute Gasteiger partial charge is 0.323 e. The van der Waals surface area contributed by atoms with Crippen LogP contribution in [0.4, 0.5) is 0 Å². The molecule has 156 valence electrons. The van der Waals surface area contributed by atoms with Crippen molar-refractivity contribution in [3.8, 4) is 11.4 Å². The normalized spacial score (nSPS) is 14.8. The Bertz CT molecular complexity index is 1420. The number of benzene rings is 3. The van der Waals surface area contributed by atoms with E-state index in [4.69, 9.17) is 16.6 Å². The Morgan fingerprint density at radius 2 is 1.77 bits per heavy atom. The molecule has 3 aromatic carbocycles. The van der Waals surface area contributed by atoms with Crippen molar-refractivity contribution in [3.05, 3.63) is 82.9 Å². The lowest BCUT2D eigenvalue weighted by atomic mass is 10.0. The van der Waals surface area contributed by atoms with Gasteiger partial charge in [0.05, 0.1) is 21.6 Å². The molecule has 0 saturated carbocycles. The molecule has 5 rings (SSSR count). The van der Waals surface area contributed by atoms with Crippen LogP contribution in [-0.2, 0) is 16.6 Å². The summed E-state index contributed by atoms with van der Waals surface area (Å²) < 4.78 is 27.4. The van der Waals surface area contributed by atoms with Crippen molar-refractivity contribution in [1.29, 1.82) is 0 Å². The first kappa shape index (κ1) is 19.8. The number of rotatable bonds is 4. The number of nitrogens with one attached hydrogen (secondary N) is 1. The van der Waals surface area contributed by atoms with Crippen molar-refractivity contribution in [3.63, 3.8) is 0 Å². The van der Waals surface area contributed by atoms with E-state index >= 15 is 0 Å². The summed E-state index contributed by atoms with van der Waals surface area (Å²) in [6, 6.07) is 20.1. The summed E-state index contributed by atoms with van der Waals surface area (Å²) in [5, 5.41) is 4.97. The Hall–Kier alpha value is -3.16. The molecule has 1 aromatic heterocycles. The Morgan fingerprint density at radius 1 is 1.03 bits per heavy atom. The zero-order chi connectivity index (χ0) is 21.6. The minimum atomic E-state index is -3.74. The van der Waals surface area contributed by atoms with Gasteiger partial charge in [0.15, 0.2) is 0 Å². The molecule has 0 aliphatic carbocycles. The maximum atomic E-state index is 12.6. The van der Waals surface area contributed by atoms with Crippen molar-refractivity contribution in [2.75, 3.05) is 0 Å².